The van der Waals surface area contributed by atoms with Gasteiger partial charge in [-0.25, -0.2) is 4.39 Å². The van der Waals surface area contributed by atoms with Gasteiger partial charge in [-0.15, -0.1) is 0 Å². The first kappa shape index (κ1) is 19.6. The smallest absolute Gasteiger partial charge is 0.295 e. The first-order valence-corrected chi connectivity index (χ1v) is 8.65. The maximum Gasteiger partial charge on any atom is 0.295 e. The number of benzene rings is 2. The number of ketones is 1. The molecule has 6 nitrogen and oxygen atoms in total. The third kappa shape index (κ3) is 3.48. The Bertz CT molecular complexity index is 940. The molecule has 0 bridgehead atoms. The van der Waals surface area contributed by atoms with E-state index in [1.807, 2.05) is 0 Å². The van der Waals surface area contributed by atoms with E-state index in [0.717, 1.165) is 0 Å². The number of Topliss-reactive ketones (excluding diaryl/α,β-unsaturated/α-hetero) is 1. The van der Waals surface area contributed by atoms with E-state index in [1.54, 1.807) is 24.3 Å². The normalized spacial score (nSPS) is 18.5. The van der Waals surface area contributed by atoms with Crippen LogP contribution < -0.4 is 4.74 Å². The number of hydrogen-bond donors (Lipinski definition) is 1. The van der Waals surface area contributed by atoms with E-state index in [-0.39, 0.29) is 30.0 Å². The molecule has 28 heavy (non-hydrogen) atoms. The van der Waals surface area contributed by atoms with Crippen LogP contribution in [0.4, 0.5) is 4.39 Å². The lowest BCUT2D eigenvalue weighted by Gasteiger charge is -2.25. The van der Waals surface area contributed by atoms with Crippen molar-refractivity contribution in [2.45, 2.75) is 6.04 Å². The van der Waals surface area contributed by atoms with Crippen LogP contribution in [0.5, 0.6) is 5.75 Å². The Hall–Kier alpha value is -3.19. The van der Waals surface area contributed by atoms with E-state index in [9.17, 15) is 19.1 Å². The fourth-order valence-electron chi connectivity index (χ4n) is 3.25. The van der Waals surface area contributed by atoms with Crippen LogP contribution in [0.3, 0.4) is 0 Å². The molecule has 0 aromatic heterocycles. The molecule has 1 amide bonds. The lowest BCUT2D eigenvalue weighted by atomic mass is 9.95. The van der Waals surface area contributed by atoms with Crippen molar-refractivity contribution in [1.29, 1.82) is 0 Å². The summed E-state index contributed by atoms with van der Waals surface area (Å²) in [6.07, 6.45) is 0. The van der Waals surface area contributed by atoms with Gasteiger partial charge in [0.1, 0.15) is 17.3 Å². The first-order chi connectivity index (χ1) is 13.5. The van der Waals surface area contributed by atoms with Gasteiger partial charge in [0, 0.05) is 24.8 Å². The second-order valence-corrected chi connectivity index (χ2v) is 6.24. The van der Waals surface area contributed by atoms with Crippen molar-refractivity contribution in [2.75, 3.05) is 27.4 Å². The average Bonchev–Trinajstić information content (AvgIpc) is 2.96. The van der Waals surface area contributed by atoms with Gasteiger partial charge in [-0.05, 0) is 18.2 Å². The van der Waals surface area contributed by atoms with Crippen LogP contribution in [0.15, 0.2) is 54.1 Å². The molecule has 1 saturated heterocycles. The van der Waals surface area contributed by atoms with Crippen LogP contribution in [0.1, 0.15) is 17.2 Å². The highest BCUT2D eigenvalue weighted by Gasteiger charge is 2.46. The molecule has 1 fully saturated rings. The number of rotatable bonds is 6. The fourth-order valence-corrected chi connectivity index (χ4v) is 3.25. The molecule has 3 rings (SSSR count). The van der Waals surface area contributed by atoms with Gasteiger partial charge < -0.3 is 19.5 Å². The highest BCUT2D eigenvalue weighted by atomic mass is 19.1. The number of nitrogens with zero attached hydrogens (tertiary/aromatic N) is 1. The van der Waals surface area contributed by atoms with Gasteiger partial charge >= 0.3 is 0 Å². The predicted octanol–water partition coefficient (Wildman–Crippen LogP) is 2.90. The van der Waals surface area contributed by atoms with Crippen LogP contribution in [0.25, 0.3) is 5.76 Å². The lowest BCUT2D eigenvalue weighted by molar-refractivity contribution is -0.140. The van der Waals surface area contributed by atoms with E-state index in [0.29, 0.717) is 11.3 Å². The highest BCUT2D eigenvalue weighted by molar-refractivity contribution is 6.46. The summed E-state index contributed by atoms with van der Waals surface area (Å²) in [6, 6.07) is 11.3. The van der Waals surface area contributed by atoms with Gasteiger partial charge in [0.2, 0.25) is 0 Å². The second-order valence-electron chi connectivity index (χ2n) is 6.24. The van der Waals surface area contributed by atoms with Crippen LogP contribution in [-0.4, -0.2) is 49.1 Å². The average molecular weight is 385 g/mol. The van der Waals surface area contributed by atoms with Gasteiger partial charge in [-0.3, -0.25) is 9.59 Å². The van der Waals surface area contributed by atoms with Gasteiger partial charge in [0.25, 0.3) is 11.7 Å². The number of aliphatic hydroxyl groups excluding tert-OH is 1. The summed E-state index contributed by atoms with van der Waals surface area (Å²) in [6.45, 7) is 0.242. The number of carbonyl (C=O) groups is 2. The largest absolute Gasteiger partial charge is 0.507 e. The molecule has 0 aliphatic carbocycles. The minimum Gasteiger partial charge on any atom is -0.507 e. The maximum absolute atomic E-state index is 14.5. The molecule has 2 aromatic carbocycles. The van der Waals surface area contributed by atoms with Crippen molar-refractivity contribution < 1.29 is 28.6 Å². The van der Waals surface area contributed by atoms with Gasteiger partial charge in [-0.2, -0.15) is 0 Å². The summed E-state index contributed by atoms with van der Waals surface area (Å²) >= 11 is 0. The Kier molecular flexibility index (Phi) is 5.75. The Morgan fingerprint density at radius 1 is 1.14 bits per heavy atom. The van der Waals surface area contributed by atoms with Crippen LogP contribution in [0, 0.1) is 5.82 Å². The Balaban J connectivity index is 2.19. The molecule has 1 aliphatic heterocycles. The minimum atomic E-state index is -1.05. The maximum atomic E-state index is 14.5. The number of hydrogen-bond acceptors (Lipinski definition) is 5. The molecule has 1 aliphatic rings. The van der Waals surface area contributed by atoms with Crippen molar-refractivity contribution in [2.24, 2.45) is 0 Å². The SMILES string of the molecule is COCCN1C(=O)C(=O)C(=C(O)c2cccc(OC)c2)C1c1ccccc1F. The monoisotopic (exact) mass is 385 g/mol. The lowest BCUT2D eigenvalue weighted by Crippen LogP contribution is -2.33. The number of carbonyl (C=O) groups excluding carboxylic acids is 2. The topological polar surface area (TPSA) is 76.1 Å². The van der Waals surface area contributed by atoms with Crippen molar-refractivity contribution in [3.05, 3.63) is 71.0 Å². The molecule has 1 heterocycles. The number of likely N-dealkylation sites (tertiary alicyclic amines) is 1. The van der Waals surface area contributed by atoms with Gasteiger partial charge in [0.05, 0.1) is 25.3 Å². The standard InChI is InChI=1S/C21H20FNO5/c1-27-11-10-23-18(15-8-3-4-9-16(15)22)17(20(25)21(23)26)19(24)13-6-5-7-14(12-13)28-2/h3-9,12,18,24H,10-11H2,1-2H3. The van der Waals surface area contributed by atoms with Gasteiger partial charge in [-0.1, -0.05) is 30.3 Å². The van der Waals surface area contributed by atoms with Crippen molar-refractivity contribution in [3.8, 4) is 5.75 Å². The molecule has 146 valence electrons. The zero-order valence-corrected chi connectivity index (χ0v) is 15.5. The summed E-state index contributed by atoms with van der Waals surface area (Å²) in [7, 11) is 2.94. The zero-order chi connectivity index (χ0) is 20.3. The summed E-state index contributed by atoms with van der Waals surface area (Å²) in [4.78, 5) is 26.6. The molecular weight excluding hydrogens is 365 g/mol. The van der Waals surface area contributed by atoms with Crippen molar-refractivity contribution in [1.82, 2.24) is 4.90 Å². The molecule has 0 saturated carbocycles. The predicted molar refractivity (Wildman–Crippen MR) is 100 cm³/mol. The van der Waals surface area contributed by atoms with E-state index in [2.05, 4.69) is 0 Å². The molecule has 2 aromatic rings. The molecule has 0 spiro atoms. The highest BCUT2D eigenvalue weighted by Crippen LogP contribution is 2.40. The van der Waals surface area contributed by atoms with Gasteiger partial charge in [0.15, 0.2) is 0 Å². The minimum absolute atomic E-state index is 0.0783. The first-order valence-electron chi connectivity index (χ1n) is 8.65. The molecular formula is C21H20FNO5. The number of methoxy groups -OCH3 is 2. The quantitative estimate of drug-likeness (QED) is 0.470. The Morgan fingerprint density at radius 2 is 1.89 bits per heavy atom. The molecule has 1 atom stereocenters. The summed E-state index contributed by atoms with van der Waals surface area (Å²) < 4.78 is 24.7. The van der Waals surface area contributed by atoms with E-state index in [1.165, 1.54) is 43.4 Å². The van der Waals surface area contributed by atoms with Crippen LogP contribution >= 0.6 is 0 Å². The molecule has 0 radical (unpaired) electrons. The molecule has 1 unspecified atom stereocenters. The van der Waals surface area contributed by atoms with E-state index < -0.39 is 23.5 Å². The van der Waals surface area contributed by atoms with E-state index in [4.69, 9.17) is 9.47 Å². The summed E-state index contributed by atoms with van der Waals surface area (Å²) in [5.41, 5.74) is 0.257. The third-order valence-electron chi connectivity index (χ3n) is 4.62. The second kappa shape index (κ2) is 8.22. The number of halogens is 1. The summed E-state index contributed by atoms with van der Waals surface area (Å²) in [5, 5.41) is 10.9. The number of amides is 1. The number of aliphatic hydroxyl groups is 1. The van der Waals surface area contributed by atoms with Crippen LogP contribution in [-0.2, 0) is 14.3 Å². The Morgan fingerprint density at radius 3 is 2.57 bits per heavy atom. The Labute approximate surface area is 161 Å². The fraction of sp³-hybridized carbons (Fsp3) is 0.238. The number of ether oxygens (including phenoxy) is 2. The zero-order valence-electron chi connectivity index (χ0n) is 15.5. The van der Waals surface area contributed by atoms with Crippen molar-refractivity contribution >= 4 is 17.4 Å². The van der Waals surface area contributed by atoms with E-state index >= 15 is 0 Å². The third-order valence-corrected chi connectivity index (χ3v) is 4.62. The molecule has 1 N–H and O–H groups in total. The van der Waals surface area contributed by atoms with Crippen molar-refractivity contribution in [3.63, 3.8) is 0 Å². The van der Waals surface area contributed by atoms with Crippen LogP contribution in [0.2, 0.25) is 0 Å². The molecule has 7 heteroatoms. The summed E-state index contributed by atoms with van der Waals surface area (Å²) in [5.74, 6) is -2.17.